The Kier molecular flexibility index (Phi) is 4.66. The van der Waals surface area contributed by atoms with Gasteiger partial charge in [0.1, 0.15) is 5.69 Å². The lowest BCUT2D eigenvalue weighted by atomic mass is 10.3. The molecule has 0 unspecified atom stereocenters. The quantitative estimate of drug-likeness (QED) is 0.923. The van der Waals surface area contributed by atoms with E-state index in [9.17, 15) is 4.79 Å². The van der Waals surface area contributed by atoms with Gasteiger partial charge in [-0.25, -0.2) is 9.97 Å². The Morgan fingerprint density at radius 1 is 1.37 bits per heavy atom. The van der Waals surface area contributed by atoms with Crippen LogP contribution < -0.4 is 5.32 Å². The number of hydrogen-bond acceptors (Lipinski definition) is 5. The first kappa shape index (κ1) is 14.1. The van der Waals surface area contributed by atoms with E-state index in [1.54, 1.807) is 22.7 Å². The number of hydrogen-bond donors (Lipinski definition) is 1. The Balaban J connectivity index is 1.85. The number of thiazole rings is 2. The second-order valence-electron chi connectivity index (χ2n) is 4.23. The summed E-state index contributed by atoms with van der Waals surface area (Å²) in [5, 5.41) is 7.03. The van der Waals surface area contributed by atoms with Crippen molar-refractivity contribution in [2.24, 2.45) is 0 Å². The molecule has 102 valence electrons. The van der Waals surface area contributed by atoms with Gasteiger partial charge in [-0.2, -0.15) is 0 Å². The van der Waals surface area contributed by atoms with E-state index in [4.69, 9.17) is 0 Å². The summed E-state index contributed by atoms with van der Waals surface area (Å²) in [6.07, 6.45) is 1.73. The average molecular weight is 295 g/mol. The number of nitrogens with one attached hydrogen (secondary N) is 1. The van der Waals surface area contributed by atoms with Crippen molar-refractivity contribution >= 4 is 28.6 Å². The molecule has 1 N–H and O–H groups in total. The summed E-state index contributed by atoms with van der Waals surface area (Å²) in [5.74, 6) is -0.0900. The third-order valence-corrected chi connectivity index (χ3v) is 4.62. The number of carbonyl (C=O) groups is 1. The van der Waals surface area contributed by atoms with E-state index in [0.717, 1.165) is 33.4 Å². The Labute approximate surface area is 120 Å². The van der Waals surface area contributed by atoms with E-state index < -0.39 is 0 Å². The van der Waals surface area contributed by atoms with Gasteiger partial charge in [0.25, 0.3) is 5.91 Å². The Morgan fingerprint density at radius 3 is 2.74 bits per heavy atom. The Bertz CT molecular complexity index is 574. The highest BCUT2D eigenvalue weighted by atomic mass is 32.1. The van der Waals surface area contributed by atoms with Crippen molar-refractivity contribution in [2.75, 3.05) is 6.54 Å². The zero-order valence-electron chi connectivity index (χ0n) is 11.3. The fourth-order valence-electron chi connectivity index (χ4n) is 1.75. The van der Waals surface area contributed by atoms with Gasteiger partial charge in [0, 0.05) is 23.2 Å². The number of carbonyl (C=O) groups excluding carboxylic acids is 1. The highest BCUT2D eigenvalue weighted by Gasteiger charge is 2.13. The predicted molar refractivity (Wildman–Crippen MR) is 79.1 cm³/mol. The number of aryl methyl sites for hydroxylation is 3. The molecule has 2 aromatic rings. The van der Waals surface area contributed by atoms with Crippen LogP contribution in [0.3, 0.4) is 0 Å². The van der Waals surface area contributed by atoms with Crippen LogP contribution in [-0.2, 0) is 12.8 Å². The minimum atomic E-state index is -0.0900. The van der Waals surface area contributed by atoms with Gasteiger partial charge in [-0.1, -0.05) is 6.92 Å². The normalized spacial score (nSPS) is 10.7. The molecule has 2 heterocycles. The van der Waals surface area contributed by atoms with Crippen molar-refractivity contribution in [3.05, 3.63) is 31.7 Å². The van der Waals surface area contributed by atoms with Crippen molar-refractivity contribution < 1.29 is 4.79 Å². The van der Waals surface area contributed by atoms with Crippen LogP contribution in [0.1, 0.15) is 38.0 Å². The summed E-state index contributed by atoms with van der Waals surface area (Å²) in [4.78, 5) is 21.6. The lowest BCUT2D eigenvalue weighted by Crippen LogP contribution is -2.26. The second kappa shape index (κ2) is 6.25. The molecule has 0 aliphatic heterocycles. The van der Waals surface area contributed by atoms with Gasteiger partial charge in [-0.05, 0) is 20.3 Å². The van der Waals surface area contributed by atoms with Gasteiger partial charge in [-0.15, -0.1) is 22.7 Å². The molecule has 0 spiro atoms. The smallest absolute Gasteiger partial charge is 0.271 e. The maximum Gasteiger partial charge on any atom is 0.271 e. The van der Waals surface area contributed by atoms with Crippen molar-refractivity contribution in [1.29, 1.82) is 0 Å². The first-order valence-corrected chi connectivity index (χ1v) is 7.95. The lowest BCUT2D eigenvalue weighted by molar-refractivity contribution is 0.0949. The van der Waals surface area contributed by atoms with Crippen molar-refractivity contribution in [3.63, 3.8) is 0 Å². The van der Waals surface area contributed by atoms with Crippen LogP contribution in [0.4, 0.5) is 0 Å². The first-order chi connectivity index (χ1) is 9.10. The van der Waals surface area contributed by atoms with E-state index in [1.165, 1.54) is 0 Å². The largest absolute Gasteiger partial charge is 0.350 e. The van der Waals surface area contributed by atoms with Gasteiger partial charge in [0.15, 0.2) is 0 Å². The number of amides is 1. The van der Waals surface area contributed by atoms with E-state index >= 15 is 0 Å². The number of rotatable bonds is 5. The van der Waals surface area contributed by atoms with Gasteiger partial charge in [-0.3, -0.25) is 4.79 Å². The van der Waals surface area contributed by atoms with Crippen LogP contribution in [0.25, 0.3) is 0 Å². The second-order valence-corrected chi connectivity index (χ2v) is 6.58. The van der Waals surface area contributed by atoms with E-state index in [2.05, 4.69) is 27.6 Å². The SMILES string of the molecule is CCc1nc(CCNC(=O)c2nc(C)sc2C)cs1. The third kappa shape index (κ3) is 3.61. The van der Waals surface area contributed by atoms with Crippen molar-refractivity contribution in [1.82, 2.24) is 15.3 Å². The highest BCUT2D eigenvalue weighted by Crippen LogP contribution is 2.16. The molecule has 2 aromatic heterocycles. The van der Waals surface area contributed by atoms with Crippen molar-refractivity contribution in [3.8, 4) is 0 Å². The van der Waals surface area contributed by atoms with Gasteiger partial charge in [0.2, 0.25) is 0 Å². The van der Waals surface area contributed by atoms with Crippen LogP contribution >= 0.6 is 22.7 Å². The van der Waals surface area contributed by atoms with Crippen LogP contribution in [0, 0.1) is 13.8 Å². The Morgan fingerprint density at radius 2 is 2.16 bits per heavy atom. The summed E-state index contributed by atoms with van der Waals surface area (Å²) >= 11 is 3.23. The number of aromatic nitrogens is 2. The molecule has 2 rings (SSSR count). The summed E-state index contributed by atoms with van der Waals surface area (Å²) in [5.41, 5.74) is 1.60. The highest BCUT2D eigenvalue weighted by molar-refractivity contribution is 7.11. The molecule has 0 aliphatic rings. The topological polar surface area (TPSA) is 54.9 Å². The van der Waals surface area contributed by atoms with Crippen LogP contribution in [0.2, 0.25) is 0 Å². The minimum Gasteiger partial charge on any atom is -0.350 e. The molecule has 4 nitrogen and oxygen atoms in total. The molecule has 0 saturated carbocycles. The van der Waals surface area contributed by atoms with Crippen LogP contribution in [-0.4, -0.2) is 22.4 Å². The van der Waals surface area contributed by atoms with E-state index in [-0.39, 0.29) is 5.91 Å². The van der Waals surface area contributed by atoms with Crippen LogP contribution in [0.5, 0.6) is 0 Å². The Hall–Kier alpha value is -1.27. The summed E-state index contributed by atoms with van der Waals surface area (Å²) in [6, 6.07) is 0. The standard InChI is InChI=1S/C13H17N3OS2/c1-4-11-16-10(7-18-11)5-6-14-13(17)12-8(2)19-9(3)15-12/h7H,4-6H2,1-3H3,(H,14,17). The maximum absolute atomic E-state index is 11.9. The molecule has 0 bridgehead atoms. The van der Waals surface area contributed by atoms with Gasteiger partial charge < -0.3 is 5.32 Å². The van der Waals surface area contributed by atoms with Gasteiger partial charge >= 0.3 is 0 Å². The summed E-state index contributed by atoms with van der Waals surface area (Å²) < 4.78 is 0. The molecule has 0 fully saturated rings. The monoisotopic (exact) mass is 295 g/mol. The molecule has 6 heteroatoms. The maximum atomic E-state index is 11.9. The molecule has 19 heavy (non-hydrogen) atoms. The minimum absolute atomic E-state index is 0.0900. The third-order valence-electron chi connectivity index (χ3n) is 2.69. The van der Waals surface area contributed by atoms with Crippen molar-refractivity contribution in [2.45, 2.75) is 33.6 Å². The molecular weight excluding hydrogens is 278 g/mol. The molecule has 0 radical (unpaired) electrons. The summed E-state index contributed by atoms with van der Waals surface area (Å²) in [7, 11) is 0. The summed E-state index contributed by atoms with van der Waals surface area (Å²) in [6.45, 7) is 6.53. The zero-order chi connectivity index (χ0) is 13.8. The molecule has 0 atom stereocenters. The zero-order valence-corrected chi connectivity index (χ0v) is 13.0. The van der Waals surface area contributed by atoms with Gasteiger partial charge in [0.05, 0.1) is 15.7 Å². The molecule has 1 amide bonds. The average Bonchev–Trinajstić information content (AvgIpc) is 2.95. The molecule has 0 aromatic carbocycles. The van der Waals surface area contributed by atoms with E-state index in [1.807, 2.05) is 13.8 Å². The first-order valence-electron chi connectivity index (χ1n) is 6.25. The number of nitrogens with zero attached hydrogens (tertiary/aromatic N) is 2. The molecule has 0 saturated heterocycles. The van der Waals surface area contributed by atoms with E-state index in [0.29, 0.717) is 12.2 Å². The molecule has 0 aliphatic carbocycles. The van der Waals surface area contributed by atoms with Crippen LogP contribution in [0.15, 0.2) is 5.38 Å². The predicted octanol–water partition coefficient (Wildman–Crippen LogP) is 2.75. The lowest BCUT2D eigenvalue weighted by Gasteiger charge is -2.02. The molecular formula is C13H17N3OS2. The fraction of sp³-hybridized carbons (Fsp3) is 0.462. The fourth-order valence-corrected chi connectivity index (χ4v) is 3.35.